The topological polar surface area (TPSA) is 38.1 Å². The van der Waals surface area contributed by atoms with Crippen LogP contribution in [0, 0.1) is 0 Å². The van der Waals surface area contributed by atoms with Gasteiger partial charge in [-0.25, -0.2) is 4.98 Å². The minimum atomic E-state index is -0.0621. The molecule has 0 fully saturated rings. The third-order valence-corrected chi connectivity index (χ3v) is 2.35. The molecule has 1 aromatic heterocycles. The molecule has 0 aliphatic heterocycles. The van der Waals surface area contributed by atoms with Gasteiger partial charge in [0.2, 0.25) is 0 Å². The van der Waals surface area contributed by atoms with E-state index in [1.807, 2.05) is 14.0 Å². The predicted octanol–water partition coefficient (Wildman–Crippen LogP) is 1.51. The van der Waals surface area contributed by atoms with Crippen LogP contribution in [0.25, 0.3) is 0 Å². The zero-order valence-electron chi connectivity index (χ0n) is 9.27. The Morgan fingerprint density at radius 3 is 2.87 bits per heavy atom. The fourth-order valence-corrected chi connectivity index (χ4v) is 1.29. The first-order valence-corrected chi connectivity index (χ1v) is 5.32. The SMILES string of the molecule is CC(Cl)CCN(C)C(=O)c1cn(C)cn1. The maximum Gasteiger partial charge on any atom is 0.273 e. The highest BCUT2D eigenvalue weighted by atomic mass is 35.5. The van der Waals surface area contributed by atoms with Gasteiger partial charge in [-0.05, 0) is 13.3 Å². The lowest BCUT2D eigenvalue weighted by molar-refractivity contribution is 0.0788. The minimum Gasteiger partial charge on any atom is -0.340 e. The van der Waals surface area contributed by atoms with E-state index in [2.05, 4.69) is 4.98 Å². The van der Waals surface area contributed by atoms with Crippen LogP contribution in [0.15, 0.2) is 12.5 Å². The number of nitrogens with zero attached hydrogens (tertiary/aromatic N) is 3. The van der Waals surface area contributed by atoms with Crippen molar-refractivity contribution in [1.82, 2.24) is 14.5 Å². The standard InChI is InChI=1S/C10H16ClN3O/c1-8(11)4-5-14(3)10(15)9-6-13(2)7-12-9/h6-8H,4-5H2,1-3H3. The van der Waals surface area contributed by atoms with Crippen LogP contribution >= 0.6 is 11.6 Å². The summed E-state index contributed by atoms with van der Waals surface area (Å²) in [5.74, 6) is -0.0621. The molecule has 1 rings (SSSR count). The lowest BCUT2D eigenvalue weighted by Gasteiger charge is -2.16. The molecule has 0 saturated carbocycles. The summed E-state index contributed by atoms with van der Waals surface area (Å²) in [6.07, 6.45) is 4.12. The van der Waals surface area contributed by atoms with E-state index in [1.165, 1.54) is 0 Å². The first-order chi connectivity index (χ1) is 7.00. The summed E-state index contributed by atoms with van der Waals surface area (Å²) in [7, 11) is 3.60. The van der Waals surface area contributed by atoms with E-state index in [-0.39, 0.29) is 11.3 Å². The van der Waals surface area contributed by atoms with Gasteiger partial charge in [-0.3, -0.25) is 4.79 Å². The molecule has 4 nitrogen and oxygen atoms in total. The summed E-state index contributed by atoms with van der Waals surface area (Å²) < 4.78 is 1.76. The van der Waals surface area contributed by atoms with Gasteiger partial charge in [-0.15, -0.1) is 11.6 Å². The molecule has 5 heteroatoms. The number of amides is 1. The van der Waals surface area contributed by atoms with Gasteiger partial charge in [0.15, 0.2) is 0 Å². The van der Waals surface area contributed by atoms with Gasteiger partial charge in [0.05, 0.1) is 6.33 Å². The Bertz CT molecular complexity index is 335. The molecular formula is C10H16ClN3O. The summed E-state index contributed by atoms with van der Waals surface area (Å²) in [6, 6.07) is 0. The average Bonchev–Trinajstić information content (AvgIpc) is 2.60. The summed E-state index contributed by atoms with van der Waals surface area (Å²) in [4.78, 5) is 17.4. The van der Waals surface area contributed by atoms with Crippen molar-refractivity contribution in [2.45, 2.75) is 18.7 Å². The molecule has 0 aliphatic rings. The Labute approximate surface area is 94.8 Å². The third kappa shape index (κ3) is 3.55. The smallest absolute Gasteiger partial charge is 0.273 e. The summed E-state index contributed by atoms with van der Waals surface area (Å²) in [5.41, 5.74) is 0.474. The van der Waals surface area contributed by atoms with Crippen molar-refractivity contribution >= 4 is 17.5 Å². The van der Waals surface area contributed by atoms with Gasteiger partial charge in [0.25, 0.3) is 5.91 Å². The second-order valence-corrected chi connectivity index (χ2v) is 4.47. The quantitative estimate of drug-likeness (QED) is 0.735. The summed E-state index contributed by atoms with van der Waals surface area (Å²) in [5, 5.41) is 0.0870. The van der Waals surface area contributed by atoms with Gasteiger partial charge in [0.1, 0.15) is 5.69 Å². The lowest BCUT2D eigenvalue weighted by Crippen LogP contribution is -2.29. The van der Waals surface area contributed by atoms with Gasteiger partial charge < -0.3 is 9.47 Å². The Kier molecular flexibility index (Phi) is 4.15. The van der Waals surface area contributed by atoms with Gasteiger partial charge >= 0.3 is 0 Å². The molecule has 15 heavy (non-hydrogen) atoms. The molecule has 0 aliphatic carbocycles. The van der Waals surface area contributed by atoms with Crippen LogP contribution < -0.4 is 0 Å². The molecule has 1 amide bonds. The van der Waals surface area contributed by atoms with Crippen LogP contribution in [-0.4, -0.2) is 39.3 Å². The maximum absolute atomic E-state index is 11.8. The zero-order valence-corrected chi connectivity index (χ0v) is 10.0. The van der Waals surface area contributed by atoms with E-state index >= 15 is 0 Å². The van der Waals surface area contributed by atoms with Gasteiger partial charge in [-0.2, -0.15) is 0 Å². The molecular weight excluding hydrogens is 214 g/mol. The number of aryl methyl sites for hydroxylation is 1. The van der Waals surface area contributed by atoms with Gasteiger partial charge in [-0.1, -0.05) is 0 Å². The van der Waals surface area contributed by atoms with Crippen molar-refractivity contribution in [3.8, 4) is 0 Å². The average molecular weight is 230 g/mol. The van der Waals surface area contributed by atoms with Crippen LogP contribution in [0.5, 0.6) is 0 Å². The lowest BCUT2D eigenvalue weighted by atomic mass is 10.3. The number of carbonyl (C=O) groups excluding carboxylic acids is 1. The molecule has 0 saturated heterocycles. The van der Waals surface area contributed by atoms with E-state index < -0.39 is 0 Å². The zero-order chi connectivity index (χ0) is 11.4. The summed E-state index contributed by atoms with van der Waals surface area (Å²) in [6.45, 7) is 2.57. The van der Waals surface area contributed by atoms with Crippen molar-refractivity contribution in [1.29, 1.82) is 0 Å². The minimum absolute atomic E-state index is 0.0621. The Hall–Kier alpha value is -1.03. The first kappa shape index (κ1) is 12.0. The third-order valence-electron chi connectivity index (χ3n) is 2.13. The fourth-order valence-electron chi connectivity index (χ4n) is 1.19. The Morgan fingerprint density at radius 1 is 1.73 bits per heavy atom. The molecule has 0 N–H and O–H groups in total. The van der Waals surface area contributed by atoms with Crippen LogP contribution in [0.1, 0.15) is 23.8 Å². The second-order valence-electron chi connectivity index (χ2n) is 3.72. The van der Waals surface area contributed by atoms with Crippen LogP contribution in [0.3, 0.4) is 0 Å². The van der Waals surface area contributed by atoms with Crippen LogP contribution in [0.4, 0.5) is 0 Å². The summed E-state index contributed by atoms with van der Waals surface area (Å²) >= 11 is 5.82. The van der Waals surface area contributed by atoms with E-state index in [4.69, 9.17) is 11.6 Å². The van der Waals surface area contributed by atoms with Gasteiger partial charge in [0, 0.05) is 32.2 Å². The Balaban J connectivity index is 2.53. The van der Waals surface area contributed by atoms with Crippen molar-refractivity contribution < 1.29 is 4.79 Å². The highest BCUT2D eigenvalue weighted by Crippen LogP contribution is 2.04. The Morgan fingerprint density at radius 2 is 2.40 bits per heavy atom. The number of imidazole rings is 1. The highest BCUT2D eigenvalue weighted by molar-refractivity contribution is 6.20. The van der Waals surface area contributed by atoms with Crippen molar-refractivity contribution in [2.75, 3.05) is 13.6 Å². The number of alkyl halides is 1. The molecule has 1 atom stereocenters. The molecule has 0 bridgehead atoms. The van der Waals surface area contributed by atoms with Crippen molar-refractivity contribution in [2.24, 2.45) is 7.05 Å². The van der Waals surface area contributed by atoms with E-state index in [9.17, 15) is 4.79 Å². The molecule has 0 aromatic carbocycles. The van der Waals surface area contributed by atoms with E-state index in [0.717, 1.165) is 6.42 Å². The molecule has 1 heterocycles. The van der Waals surface area contributed by atoms with Crippen LogP contribution in [-0.2, 0) is 7.05 Å². The highest BCUT2D eigenvalue weighted by Gasteiger charge is 2.14. The molecule has 0 spiro atoms. The van der Waals surface area contributed by atoms with Crippen LogP contribution in [0.2, 0.25) is 0 Å². The second kappa shape index (κ2) is 5.16. The van der Waals surface area contributed by atoms with Crippen molar-refractivity contribution in [3.63, 3.8) is 0 Å². The van der Waals surface area contributed by atoms with Crippen molar-refractivity contribution in [3.05, 3.63) is 18.2 Å². The molecule has 1 unspecified atom stereocenters. The first-order valence-electron chi connectivity index (χ1n) is 4.88. The number of rotatable bonds is 4. The number of hydrogen-bond acceptors (Lipinski definition) is 2. The molecule has 84 valence electrons. The van der Waals surface area contributed by atoms with E-state index in [0.29, 0.717) is 12.2 Å². The number of halogens is 1. The number of hydrogen-bond donors (Lipinski definition) is 0. The number of aromatic nitrogens is 2. The largest absolute Gasteiger partial charge is 0.340 e. The molecule has 1 aromatic rings. The van der Waals surface area contributed by atoms with E-state index in [1.54, 1.807) is 29.0 Å². The normalized spacial score (nSPS) is 12.5. The number of carbonyl (C=O) groups is 1. The maximum atomic E-state index is 11.8. The fraction of sp³-hybridized carbons (Fsp3) is 0.600. The molecule has 0 radical (unpaired) electrons. The predicted molar refractivity (Wildman–Crippen MR) is 60.1 cm³/mol. The monoisotopic (exact) mass is 229 g/mol.